The van der Waals surface area contributed by atoms with Crippen molar-refractivity contribution in [2.75, 3.05) is 31.1 Å². The van der Waals surface area contributed by atoms with Gasteiger partial charge in [0.15, 0.2) is 0 Å². The number of nitrogens with one attached hydrogen (secondary N) is 1. The van der Waals surface area contributed by atoms with Crippen LogP contribution in [0.4, 0.5) is 5.69 Å². The zero-order chi connectivity index (χ0) is 27.2. The van der Waals surface area contributed by atoms with E-state index in [0.29, 0.717) is 27.3 Å². The second-order valence-corrected chi connectivity index (χ2v) is 10.8. The van der Waals surface area contributed by atoms with Crippen LogP contribution in [0.25, 0.3) is 11.1 Å². The van der Waals surface area contributed by atoms with Crippen molar-refractivity contribution in [1.29, 1.82) is 0 Å². The first kappa shape index (κ1) is 28.2. The van der Waals surface area contributed by atoms with Crippen molar-refractivity contribution in [2.24, 2.45) is 5.73 Å². The number of primary amides is 1. The molecule has 1 aliphatic rings. The van der Waals surface area contributed by atoms with E-state index in [2.05, 4.69) is 34.5 Å². The topological polar surface area (TPSA) is 78.7 Å². The van der Waals surface area contributed by atoms with Gasteiger partial charge in [0.05, 0.1) is 22.6 Å². The van der Waals surface area contributed by atoms with Crippen LogP contribution in [-0.4, -0.2) is 48.9 Å². The Kier molecular flexibility index (Phi) is 9.55. The molecular formula is C29H31Cl3N4O2. The van der Waals surface area contributed by atoms with Gasteiger partial charge in [0.2, 0.25) is 11.8 Å². The molecule has 2 amide bonds. The number of rotatable bonds is 10. The average molecular weight is 574 g/mol. The molecule has 1 saturated heterocycles. The average Bonchev–Trinajstić information content (AvgIpc) is 3.42. The Hall–Kier alpha value is -2.77. The number of carbonyl (C=O) groups excluding carboxylic acids is 2. The highest BCUT2D eigenvalue weighted by Gasteiger charge is 2.27. The molecule has 0 saturated carbocycles. The van der Waals surface area contributed by atoms with Crippen LogP contribution in [0.3, 0.4) is 0 Å². The molecule has 0 spiro atoms. The van der Waals surface area contributed by atoms with Crippen LogP contribution in [0.2, 0.25) is 15.1 Å². The summed E-state index contributed by atoms with van der Waals surface area (Å²) < 4.78 is 0. The fourth-order valence-corrected chi connectivity index (χ4v) is 5.14. The highest BCUT2D eigenvalue weighted by molar-refractivity contribution is 6.42. The summed E-state index contributed by atoms with van der Waals surface area (Å²) in [4.78, 5) is 29.5. The predicted octanol–water partition coefficient (Wildman–Crippen LogP) is 5.95. The summed E-state index contributed by atoms with van der Waals surface area (Å²) in [5, 5.41) is 4.64. The first-order chi connectivity index (χ1) is 18.2. The minimum Gasteiger partial charge on any atom is -0.368 e. The smallest absolute Gasteiger partial charge is 0.242 e. The van der Waals surface area contributed by atoms with E-state index in [0.717, 1.165) is 42.6 Å². The maximum atomic E-state index is 13.6. The van der Waals surface area contributed by atoms with Crippen LogP contribution < -0.4 is 16.0 Å². The number of benzene rings is 3. The highest BCUT2D eigenvalue weighted by Crippen LogP contribution is 2.29. The van der Waals surface area contributed by atoms with E-state index < -0.39 is 11.9 Å². The van der Waals surface area contributed by atoms with Crippen LogP contribution in [0.15, 0.2) is 66.7 Å². The molecule has 3 aromatic rings. The Bertz CT molecular complexity index is 1260. The minimum atomic E-state index is -0.686. The first-order valence-electron chi connectivity index (χ1n) is 12.6. The van der Waals surface area contributed by atoms with Crippen LogP contribution in [0.1, 0.15) is 31.4 Å². The SMILES string of the molecule is CC(C(=O)NC(CN1CCCC1)c1ccc(-c2ccc(Cl)cc2)cc1)N(CC(N)=O)c1ccc(Cl)c(Cl)c1. The lowest BCUT2D eigenvalue weighted by Gasteiger charge is -2.32. The fraction of sp³-hybridized carbons (Fsp3) is 0.310. The summed E-state index contributed by atoms with van der Waals surface area (Å²) in [6.07, 6.45) is 2.30. The molecule has 2 atom stereocenters. The lowest BCUT2D eigenvalue weighted by molar-refractivity contribution is -0.123. The van der Waals surface area contributed by atoms with Crippen molar-refractivity contribution in [1.82, 2.24) is 10.2 Å². The predicted molar refractivity (Wildman–Crippen MR) is 156 cm³/mol. The van der Waals surface area contributed by atoms with Crippen molar-refractivity contribution in [3.8, 4) is 11.1 Å². The Morgan fingerprint density at radius 2 is 1.53 bits per heavy atom. The lowest BCUT2D eigenvalue weighted by Crippen LogP contribution is -2.50. The van der Waals surface area contributed by atoms with Crippen LogP contribution >= 0.6 is 34.8 Å². The largest absolute Gasteiger partial charge is 0.368 e. The monoisotopic (exact) mass is 572 g/mol. The third-order valence-electron chi connectivity index (χ3n) is 6.85. The van der Waals surface area contributed by atoms with Gasteiger partial charge in [0.25, 0.3) is 0 Å². The van der Waals surface area contributed by atoms with E-state index in [1.165, 1.54) is 0 Å². The number of nitrogens with zero attached hydrogens (tertiary/aromatic N) is 2. The number of hydrogen-bond donors (Lipinski definition) is 2. The Morgan fingerprint density at radius 3 is 2.11 bits per heavy atom. The number of nitrogens with two attached hydrogens (primary N) is 1. The van der Waals surface area contributed by atoms with Crippen LogP contribution in [0, 0.1) is 0 Å². The van der Waals surface area contributed by atoms with E-state index in [4.69, 9.17) is 40.5 Å². The van der Waals surface area contributed by atoms with Crippen molar-refractivity contribution in [3.05, 3.63) is 87.4 Å². The Labute approximate surface area is 238 Å². The van der Waals surface area contributed by atoms with Gasteiger partial charge in [-0.1, -0.05) is 71.2 Å². The minimum absolute atomic E-state index is 0.140. The molecule has 0 aliphatic carbocycles. The van der Waals surface area contributed by atoms with Gasteiger partial charge in [-0.3, -0.25) is 9.59 Å². The third kappa shape index (κ3) is 7.20. The lowest BCUT2D eigenvalue weighted by atomic mass is 10.00. The molecule has 1 heterocycles. The van der Waals surface area contributed by atoms with Crippen molar-refractivity contribution >= 4 is 52.3 Å². The molecule has 3 N–H and O–H groups in total. The molecule has 0 aromatic heterocycles. The molecule has 38 heavy (non-hydrogen) atoms. The van der Waals surface area contributed by atoms with Crippen molar-refractivity contribution in [2.45, 2.75) is 31.8 Å². The Morgan fingerprint density at radius 1 is 0.921 bits per heavy atom. The number of likely N-dealkylation sites (tertiary alicyclic amines) is 1. The summed E-state index contributed by atoms with van der Waals surface area (Å²) in [6.45, 7) is 4.31. The highest BCUT2D eigenvalue weighted by atomic mass is 35.5. The molecule has 1 aliphatic heterocycles. The van der Waals surface area contributed by atoms with Gasteiger partial charge < -0.3 is 20.9 Å². The molecule has 0 bridgehead atoms. The van der Waals surface area contributed by atoms with Gasteiger partial charge in [-0.25, -0.2) is 0 Å². The van der Waals surface area contributed by atoms with Crippen LogP contribution in [-0.2, 0) is 9.59 Å². The zero-order valence-corrected chi connectivity index (χ0v) is 23.4. The van der Waals surface area contributed by atoms with E-state index in [9.17, 15) is 9.59 Å². The van der Waals surface area contributed by atoms with E-state index in [1.807, 2.05) is 24.3 Å². The quantitative estimate of drug-likeness (QED) is 0.314. The molecule has 3 aromatic carbocycles. The number of carbonyl (C=O) groups is 2. The van der Waals surface area contributed by atoms with Crippen molar-refractivity contribution in [3.63, 3.8) is 0 Å². The fourth-order valence-electron chi connectivity index (χ4n) is 4.73. The van der Waals surface area contributed by atoms with E-state index in [1.54, 1.807) is 30.0 Å². The maximum absolute atomic E-state index is 13.6. The van der Waals surface area contributed by atoms with E-state index >= 15 is 0 Å². The summed E-state index contributed by atoms with van der Waals surface area (Å²) in [5.74, 6) is -0.773. The van der Waals surface area contributed by atoms with E-state index in [-0.39, 0.29) is 18.5 Å². The van der Waals surface area contributed by atoms with Crippen LogP contribution in [0.5, 0.6) is 0 Å². The molecule has 200 valence electrons. The van der Waals surface area contributed by atoms with Gasteiger partial charge in [-0.15, -0.1) is 0 Å². The number of anilines is 1. The molecule has 6 nitrogen and oxygen atoms in total. The number of halogens is 3. The molecule has 2 unspecified atom stereocenters. The summed E-state index contributed by atoms with van der Waals surface area (Å²) >= 11 is 18.3. The zero-order valence-electron chi connectivity index (χ0n) is 21.2. The van der Waals surface area contributed by atoms with Crippen molar-refractivity contribution < 1.29 is 9.59 Å². The number of amides is 2. The van der Waals surface area contributed by atoms with Gasteiger partial charge in [-0.05, 0) is 79.9 Å². The first-order valence-corrected chi connectivity index (χ1v) is 13.7. The molecular weight excluding hydrogens is 543 g/mol. The number of hydrogen-bond acceptors (Lipinski definition) is 4. The second-order valence-electron chi connectivity index (χ2n) is 9.57. The molecule has 9 heteroatoms. The Balaban J connectivity index is 1.56. The summed E-state index contributed by atoms with van der Waals surface area (Å²) in [7, 11) is 0. The summed E-state index contributed by atoms with van der Waals surface area (Å²) in [6, 6.07) is 20.0. The second kappa shape index (κ2) is 12.9. The van der Waals surface area contributed by atoms with Gasteiger partial charge >= 0.3 is 0 Å². The third-order valence-corrected chi connectivity index (χ3v) is 7.85. The molecule has 0 radical (unpaired) electrons. The molecule has 4 rings (SSSR count). The molecule has 1 fully saturated rings. The normalized spacial score (nSPS) is 15.2. The van der Waals surface area contributed by atoms with Gasteiger partial charge in [0.1, 0.15) is 6.04 Å². The maximum Gasteiger partial charge on any atom is 0.242 e. The van der Waals surface area contributed by atoms with Gasteiger partial charge in [0, 0.05) is 17.3 Å². The standard InChI is InChI=1S/C29H31Cl3N4O2/c1-19(36(18-28(33)37)24-12-13-25(31)26(32)16-24)29(38)34-27(17-35-14-2-3-15-35)22-6-4-20(5-7-22)21-8-10-23(30)11-9-21/h4-13,16,19,27H,2-3,14-15,17-18H2,1H3,(H2,33,37)(H,34,38). The summed E-state index contributed by atoms with van der Waals surface area (Å²) in [5.41, 5.74) is 9.25. The van der Waals surface area contributed by atoms with Gasteiger partial charge in [-0.2, -0.15) is 0 Å².